The van der Waals surface area contributed by atoms with Crippen LogP contribution in [0.15, 0.2) is 29.3 Å². The largest absolute Gasteiger partial charge is 0.313 e. The molecular weight excluding hydrogens is 178 g/mol. The van der Waals surface area contributed by atoms with Crippen LogP contribution in [0, 0.1) is 6.92 Å². The zero-order valence-corrected chi connectivity index (χ0v) is 7.90. The van der Waals surface area contributed by atoms with E-state index in [1.165, 1.54) is 10.9 Å². The van der Waals surface area contributed by atoms with E-state index in [-0.39, 0.29) is 12.2 Å². The molecule has 0 saturated heterocycles. The van der Waals surface area contributed by atoms with Crippen LogP contribution in [0.2, 0.25) is 0 Å². The van der Waals surface area contributed by atoms with E-state index in [0.717, 1.165) is 5.56 Å². The number of hydrogen-bond donors (Lipinski definition) is 1. The Kier molecular flexibility index (Phi) is 2.05. The number of nitrogens with two attached hydrogens (primary N) is 1. The van der Waals surface area contributed by atoms with Crippen LogP contribution >= 0.6 is 0 Å². The van der Waals surface area contributed by atoms with Crippen molar-refractivity contribution < 1.29 is 0 Å². The Morgan fingerprint density at radius 2 is 2.29 bits per heavy atom. The van der Waals surface area contributed by atoms with Gasteiger partial charge < -0.3 is 5.73 Å². The van der Waals surface area contributed by atoms with Gasteiger partial charge in [0.25, 0.3) is 5.56 Å². The molecular formula is C10H11N3O. The van der Waals surface area contributed by atoms with E-state index < -0.39 is 0 Å². The minimum atomic E-state index is -0.0822. The van der Waals surface area contributed by atoms with Crippen LogP contribution < -0.4 is 11.3 Å². The third-order valence-electron chi connectivity index (χ3n) is 2.18. The second-order valence-corrected chi connectivity index (χ2v) is 3.22. The number of fused-ring (bicyclic) bond motifs is 1. The van der Waals surface area contributed by atoms with Gasteiger partial charge in [0.05, 0.1) is 23.9 Å². The van der Waals surface area contributed by atoms with E-state index in [9.17, 15) is 4.79 Å². The highest BCUT2D eigenvalue weighted by atomic mass is 16.1. The minimum absolute atomic E-state index is 0.0822. The maximum atomic E-state index is 11.8. The molecule has 2 aromatic rings. The molecule has 1 aromatic carbocycles. The monoisotopic (exact) mass is 189 g/mol. The van der Waals surface area contributed by atoms with Gasteiger partial charge in [0.2, 0.25) is 0 Å². The highest BCUT2D eigenvalue weighted by Crippen LogP contribution is 2.08. The standard InChI is InChI=1S/C10H11N3O/c1-7-2-3-9-8(4-7)10(14)13(5-11)6-12-9/h2-4,6H,5,11H2,1H3. The van der Waals surface area contributed by atoms with E-state index in [0.29, 0.717) is 10.9 Å². The fourth-order valence-electron chi connectivity index (χ4n) is 1.40. The molecule has 4 heteroatoms. The summed E-state index contributed by atoms with van der Waals surface area (Å²) >= 11 is 0. The Hall–Kier alpha value is -1.68. The number of hydrogen-bond acceptors (Lipinski definition) is 3. The second-order valence-electron chi connectivity index (χ2n) is 3.22. The minimum Gasteiger partial charge on any atom is -0.313 e. The number of aryl methyl sites for hydroxylation is 1. The molecule has 0 aliphatic heterocycles. The number of rotatable bonds is 1. The summed E-state index contributed by atoms with van der Waals surface area (Å²) in [6.07, 6.45) is 1.47. The highest BCUT2D eigenvalue weighted by molar-refractivity contribution is 5.77. The number of benzene rings is 1. The van der Waals surface area contributed by atoms with Gasteiger partial charge in [0, 0.05) is 0 Å². The normalized spacial score (nSPS) is 10.7. The molecule has 0 unspecified atom stereocenters. The van der Waals surface area contributed by atoms with Gasteiger partial charge in [-0.05, 0) is 19.1 Å². The zero-order chi connectivity index (χ0) is 10.1. The highest BCUT2D eigenvalue weighted by Gasteiger charge is 2.02. The Morgan fingerprint density at radius 3 is 3.00 bits per heavy atom. The molecule has 2 rings (SSSR count). The van der Waals surface area contributed by atoms with Crippen molar-refractivity contribution in [1.29, 1.82) is 0 Å². The van der Waals surface area contributed by atoms with Gasteiger partial charge in [-0.2, -0.15) is 0 Å². The lowest BCUT2D eigenvalue weighted by atomic mass is 10.2. The van der Waals surface area contributed by atoms with Gasteiger partial charge in [0.1, 0.15) is 0 Å². The predicted molar refractivity (Wildman–Crippen MR) is 54.9 cm³/mol. The van der Waals surface area contributed by atoms with E-state index in [4.69, 9.17) is 5.73 Å². The molecule has 0 spiro atoms. The first kappa shape index (κ1) is 8.90. The van der Waals surface area contributed by atoms with Crippen LogP contribution in [0.3, 0.4) is 0 Å². The van der Waals surface area contributed by atoms with Crippen molar-refractivity contribution in [2.75, 3.05) is 0 Å². The molecule has 72 valence electrons. The fraction of sp³-hybridized carbons (Fsp3) is 0.200. The molecule has 0 fully saturated rings. The molecule has 0 saturated carbocycles. The average molecular weight is 189 g/mol. The molecule has 4 nitrogen and oxygen atoms in total. The summed E-state index contributed by atoms with van der Waals surface area (Å²) in [7, 11) is 0. The molecule has 0 aliphatic carbocycles. The van der Waals surface area contributed by atoms with Crippen molar-refractivity contribution in [1.82, 2.24) is 9.55 Å². The first-order valence-corrected chi connectivity index (χ1v) is 4.38. The molecule has 0 bridgehead atoms. The topological polar surface area (TPSA) is 60.9 Å². The summed E-state index contributed by atoms with van der Waals surface area (Å²) < 4.78 is 1.39. The Bertz CT molecular complexity index is 530. The third-order valence-corrected chi connectivity index (χ3v) is 2.18. The molecule has 2 N–H and O–H groups in total. The van der Waals surface area contributed by atoms with Gasteiger partial charge in [-0.15, -0.1) is 0 Å². The number of aromatic nitrogens is 2. The van der Waals surface area contributed by atoms with Crippen LogP contribution in [-0.2, 0) is 6.67 Å². The van der Waals surface area contributed by atoms with Gasteiger partial charge >= 0.3 is 0 Å². The van der Waals surface area contributed by atoms with E-state index in [1.807, 2.05) is 25.1 Å². The van der Waals surface area contributed by atoms with E-state index >= 15 is 0 Å². The maximum Gasteiger partial charge on any atom is 0.262 e. The van der Waals surface area contributed by atoms with Crippen molar-refractivity contribution in [3.8, 4) is 0 Å². The van der Waals surface area contributed by atoms with Crippen LogP contribution in [0.5, 0.6) is 0 Å². The Morgan fingerprint density at radius 1 is 1.50 bits per heavy atom. The van der Waals surface area contributed by atoms with Crippen molar-refractivity contribution in [2.45, 2.75) is 13.6 Å². The quantitative estimate of drug-likeness (QED) is 0.715. The second kappa shape index (κ2) is 3.23. The third kappa shape index (κ3) is 1.29. The van der Waals surface area contributed by atoms with Gasteiger partial charge in [-0.25, -0.2) is 4.98 Å². The van der Waals surface area contributed by atoms with Gasteiger partial charge in [-0.3, -0.25) is 9.36 Å². The summed E-state index contributed by atoms with van der Waals surface area (Å²) in [6, 6.07) is 5.60. The first-order chi connectivity index (χ1) is 6.72. The summed E-state index contributed by atoms with van der Waals surface area (Å²) in [4.78, 5) is 15.9. The fourth-order valence-corrected chi connectivity index (χ4v) is 1.40. The van der Waals surface area contributed by atoms with Gasteiger partial charge in [0.15, 0.2) is 0 Å². The van der Waals surface area contributed by atoms with E-state index in [2.05, 4.69) is 4.98 Å². The summed E-state index contributed by atoms with van der Waals surface area (Å²) in [5.74, 6) is 0. The zero-order valence-electron chi connectivity index (χ0n) is 7.90. The molecule has 0 aliphatic rings. The van der Waals surface area contributed by atoms with Crippen molar-refractivity contribution in [3.63, 3.8) is 0 Å². The predicted octanol–water partition coefficient (Wildman–Crippen LogP) is 0.621. The molecule has 14 heavy (non-hydrogen) atoms. The maximum absolute atomic E-state index is 11.8. The van der Waals surface area contributed by atoms with Crippen LogP contribution in [0.25, 0.3) is 10.9 Å². The summed E-state index contributed by atoms with van der Waals surface area (Å²) in [5.41, 5.74) is 7.08. The lowest BCUT2D eigenvalue weighted by Crippen LogP contribution is -2.24. The molecule has 1 aromatic heterocycles. The van der Waals surface area contributed by atoms with Crippen molar-refractivity contribution >= 4 is 10.9 Å². The lowest BCUT2D eigenvalue weighted by Gasteiger charge is -2.03. The van der Waals surface area contributed by atoms with Crippen molar-refractivity contribution in [3.05, 3.63) is 40.4 Å². The van der Waals surface area contributed by atoms with E-state index in [1.54, 1.807) is 0 Å². The van der Waals surface area contributed by atoms with Crippen LogP contribution in [-0.4, -0.2) is 9.55 Å². The summed E-state index contributed by atoms with van der Waals surface area (Å²) in [6.45, 7) is 2.11. The smallest absolute Gasteiger partial charge is 0.262 e. The molecule has 1 heterocycles. The Balaban J connectivity index is 2.87. The Labute approximate surface area is 81.0 Å². The average Bonchev–Trinajstić information content (AvgIpc) is 2.20. The molecule has 0 atom stereocenters. The van der Waals surface area contributed by atoms with Crippen LogP contribution in [0.4, 0.5) is 0 Å². The first-order valence-electron chi connectivity index (χ1n) is 4.38. The van der Waals surface area contributed by atoms with Gasteiger partial charge in [-0.1, -0.05) is 11.6 Å². The van der Waals surface area contributed by atoms with Crippen molar-refractivity contribution in [2.24, 2.45) is 5.73 Å². The van der Waals surface area contributed by atoms with Crippen LogP contribution in [0.1, 0.15) is 5.56 Å². The SMILES string of the molecule is Cc1ccc2ncn(CN)c(=O)c2c1. The summed E-state index contributed by atoms with van der Waals surface area (Å²) in [5, 5.41) is 0.623. The molecule has 0 amide bonds. The lowest BCUT2D eigenvalue weighted by molar-refractivity contribution is 0.692. The molecule has 0 radical (unpaired) electrons. The number of nitrogens with zero attached hydrogens (tertiary/aromatic N) is 2.